The Labute approximate surface area is 124 Å². The lowest BCUT2D eigenvalue weighted by Crippen LogP contribution is -2.02. The van der Waals surface area contributed by atoms with Crippen molar-refractivity contribution in [3.63, 3.8) is 0 Å². The highest BCUT2D eigenvalue weighted by atomic mass is 15.3. The van der Waals surface area contributed by atoms with Gasteiger partial charge in [0.1, 0.15) is 5.69 Å². The Balaban J connectivity index is 2.23. The third kappa shape index (κ3) is 2.23. The Kier molecular flexibility index (Phi) is 3.51. The number of aryl methyl sites for hydroxylation is 3. The zero-order valence-electron chi connectivity index (χ0n) is 12.8. The number of aromatic nitrogens is 4. The van der Waals surface area contributed by atoms with E-state index in [2.05, 4.69) is 47.8 Å². The molecule has 1 aromatic carbocycles. The highest BCUT2D eigenvalue weighted by Gasteiger charge is 2.15. The first-order chi connectivity index (χ1) is 10.2. The molecule has 0 saturated carbocycles. The van der Waals surface area contributed by atoms with E-state index in [0.29, 0.717) is 6.54 Å². The van der Waals surface area contributed by atoms with Gasteiger partial charge >= 0.3 is 0 Å². The highest BCUT2D eigenvalue weighted by Crippen LogP contribution is 2.26. The van der Waals surface area contributed by atoms with Crippen LogP contribution in [0.2, 0.25) is 0 Å². The summed E-state index contributed by atoms with van der Waals surface area (Å²) in [6.07, 6.45) is 0.928. The maximum Gasteiger partial charge on any atom is 0.159 e. The second-order valence-corrected chi connectivity index (χ2v) is 5.20. The molecule has 21 heavy (non-hydrogen) atoms. The van der Waals surface area contributed by atoms with E-state index in [1.54, 1.807) is 0 Å². The Morgan fingerprint density at radius 1 is 1.19 bits per heavy atom. The average Bonchev–Trinajstić information content (AvgIpc) is 3.05. The molecule has 0 saturated heterocycles. The fourth-order valence-corrected chi connectivity index (χ4v) is 2.73. The van der Waals surface area contributed by atoms with Gasteiger partial charge in [-0.05, 0) is 37.1 Å². The SMILES string of the molecule is CCc1cc(-c2nc3cc(CN)ccc3n2CC)n(C)n1. The predicted molar refractivity (Wildman–Crippen MR) is 84.9 cm³/mol. The summed E-state index contributed by atoms with van der Waals surface area (Å²) >= 11 is 0. The first kappa shape index (κ1) is 13.8. The van der Waals surface area contributed by atoms with Crippen LogP contribution in [0.25, 0.3) is 22.6 Å². The fraction of sp³-hybridized carbons (Fsp3) is 0.375. The van der Waals surface area contributed by atoms with E-state index in [4.69, 9.17) is 10.7 Å². The molecular formula is C16H21N5. The zero-order chi connectivity index (χ0) is 15.0. The molecule has 0 aliphatic carbocycles. The molecule has 0 radical (unpaired) electrons. The molecule has 3 rings (SSSR count). The third-order valence-corrected chi connectivity index (χ3v) is 3.89. The standard InChI is InChI=1S/C16H21N5/c1-4-12-9-15(20(3)19-12)16-18-13-8-11(10-17)6-7-14(13)21(16)5-2/h6-9H,4-5,10,17H2,1-3H3. The fourth-order valence-electron chi connectivity index (χ4n) is 2.73. The summed E-state index contributed by atoms with van der Waals surface area (Å²) in [4.78, 5) is 4.82. The number of hydrogen-bond acceptors (Lipinski definition) is 3. The van der Waals surface area contributed by atoms with Crippen LogP contribution in [-0.2, 0) is 26.6 Å². The van der Waals surface area contributed by atoms with Gasteiger partial charge in [0.25, 0.3) is 0 Å². The Hall–Kier alpha value is -2.14. The van der Waals surface area contributed by atoms with Gasteiger partial charge in [0.05, 0.1) is 16.7 Å². The van der Waals surface area contributed by atoms with E-state index in [-0.39, 0.29) is 0 Å². The zero-order valence-corrected chi connectivity index (χ0v) is 12.8. The van der Waals surface area contributed by atoms with Crippen LogP contribution < -0.4 is 5.73 Å². The van der Waals surface area contributed by atoms with Crippen LogP contribution in [0.15, 0.2) is 24.3 Å². The van der Waals surface area contributed by atoms with Crippen LogP contribution >= 0.6 is 0 Å². The molecule has 0 fully saturated rings. The summed E-state index contributed by atoms with van der Waals surface area (Å²) < 4.78 is 4.14. The predicted octanol–water partition coefficient (Wildman–Crippen LogP) is 2.48. The topological polar surface area (TPSA) is 61.7 Å². The van der Waals surface area contributed by atoms with E-state index >= 15 is 0 Å². The number of imidazole rings is 1. The van der Waals surface area contributed by atoms with Crippen molar-refractivity contribution in [1.29, 1.82) is 0 Å². The molecule has 0 aliphatic heterocycles. The van der Waals surface area contributed by atoms with Crippen molar-refractivity contribution >= 4 is 11.0 Å². The Bertz CT molecular complexity index is 781. The minimum absolute atomic E-state index is 0.538. The molecule has 2 N–H and O–H groups in total. The molecule has 0 unspecified atom stereocenters. The minimum Gasteiger partial charge on any atom is -0.326 e. The van der Waals surface area contributed by atoms with E-state index in [9.17, 15) is 0 Å². The number of fused-ring (bicyclic) bond motifs is 1. The molecule has 0 bridgehead atoms. The molecule has 2 aromatic heterocycles. The van der Waals surface area contributed by atoms with Crippen molar-refractivity contribution in [2.24, 2.45) is 12.8 Å². The van der Waals surface area contributed by atoms with Gasteiger partial charge in [-0.1, -0.05) is 13.0 Å². The molecule has 0 spiro atoms. The van der Waals surface area contributed by atoms with Crippen LogP contribution in [0.1, 0.15) is 25.1 Å². The first-order valence-electron chi connectivity index (χ1n) is 7.40. The van der Waals surface area contributed by atoms with Gasteiger partial charge in [0, 0.05) is 20.1 Å². The lowest BCUT2D eigenvalue weighted by molar-refractivity contribution is 0.731. The number of nitrogens with two attached hydrogens (primary N) is 1. The summed E-state index contributed by atoms with van der Waals surface area (Å²) in [6, 6.07) is 8.37. The molecule has 110 valence electrons. The Morgan fingerprint density at radius 2 is 2.00 bits per heavy atom. The van der Waals surface area contributed by atoms with Gasteiger partial charge in [0.2, 0.25) is 0 Å². The van der Waals surface area contributed by atoms with Crippen molar-refractivity contribution in [3.05, 3.63) is 35.5 Å². The van der Waals surface area contributed by atoms with Crippen molar-refractivity contribution in [2.45, 2.75) is 33.4 Å². The van der Waals surface area contributed by atoms with Gasteiger partial charge in [-0.3, -0.25) is 4.68 Å². The van der Waals surface area contributed by atoms with E-state index < -0.39 is 0 Å². The molecule has 0 amide bonds. The molecule has 0 aliphatic rings. The van der Waals surface area contributed by atoms with Gasteiger partial charge < -0.3 is 10.3 Å². The van der Waals surface area contributed by atoms with Crippen LogP contribution in [0.4, 0.5) is 0 Å². The molecule has 3 aromatic rings. The number of benzene rings is 1. The van der Waals surface area contributed by atoms with E-state index in [1.807, 2.05) is 11.7 Å². The number of rotatable bonds is 4. The summed E-state index contributed by atoms with van der Waals surface area (Å²) in [5, 5.41) is 4.53. The van der Waals surface area contributed by atoms with Crippen molar-refractivity contribution < 1.29 is 0 Å². The maximum absolute atomic E-state index is 5.73. The van der Waals surface area contributed by atoms with Crippen LogP contribution in [0, 0.1) is 0 Å². The Morgan fingerprint density at radius 3 is 2.62 bits per heavy atom. The molecule has 5 heteroatoms. The quantitative estimate of drug-likeness (QED) is 0.800. The summed E-state index contributed by atoms with van der Waals surface area (Å²) in [6.45, 7) is 5.66. The van der Waals surface area contributed by atoms with Gasteiger partial charge in [-0.15, -0.1) is 0 Å². The van der Waals surface area contributed by atoms with Gasteiger partial charge in [0.15, 0.2) is 5.82 Å². The third-order valence-electron chi connectivity index (χ3n) is 3.89. The van der Waals surface area contributed by atoms with Crippen molar-refractivity contribution in [3.8, 4) is 11.5 Å². The molecule has 0 atom stereocenters. The average molecular weight is 283 g/mol. The highest BCUT2D eigenvalue weighted by molar-refractivity contribution is 5.80. The van der Waals surface area contributed by atoms with E-state index in [0.717, 1.165) is 46.8 Å². The monoisotopic (exact) mass is 283 g/mol. The molecular weight excluding hydrogens is 262 g/mol. The normalized spacial score (nSPS) is 11.4. The number of hydrogen-bond donors (Lipinski definition) is 1. The van der Waals surface area contributed by atoms with Gasteiger partial charge in [-0.2, -0.15) is 5.10 Å². The van der Waals surface area contributed by atoms with Crippen molar-refractivity contribution in [1.82, 2.24) is 19.3 Å². The summed E-state index contributed by atoms with van der Waals surface area (Å²) in [5.41, 5.74) is 11.1. The smallest absolute Gasteiger partial charge is 0.159 e. The van der Waals surface area contributed by atoms with Crippen LogP contribution in [-0.4, -0.2) is 19.3 Å². The number of nitrogens with zero attached hydrogens (tertiary/aromatic N) is 4. The first-order valence-corrected chi connectivity index (χ1v) is 7.40. The molecule has 5 nitrogen and oxygen atoms in total. The lowest BCUT2D eigenvalue weighted by Gasteiger charge is -2.06. The maximum atomic E-state index is 5.73. The summed E-state index contributed by atoms with van der Waals surface area (Å²) in [5.74, 6) is 0.969. The van der Waals surface area contributed by atoms with Crippen LogP contribution in [0.3, 0.4) is 0 Å². The van der Waals surface area contributed by atoms with Crippen LogP contribution in [0.5, 0.6) is 0 Å². The second kappa shape index (κ2) is 5.33. The van der Waals surface area contributed by atoms with Gasteiger partial charge in [-0.25, -0.2) is 4.98 Å². The lowest BCUT2D eigenvalue weighted by atomic mass is 10.2. The van der Waals surface area contributed by atoms with E-state index in [1.165, 1.54) is 0 Å². The minimum atomic E-state index is 0.538. The molecule has 2 heterocycles. The largest absolute Gasteiger partial charge is 0.326 e. The second-order valence-electron chi connectivity index (χ2n) is 5.20. The summed E-state index contributed by atoms with van der Waals surface area (Å²) in [7, 11) is 1.97. The van der Waals surface area contributed by atoms with Crippen molar-refractivity contribution in [2.75, 3.05) is 0 Å².